The Morgan fingerprint density at radius 3 is 2.66 bits per heavy atom. The highest BCUT2D eigenvalue weighted by molar-refractivity contribution is 7.34. The van der Waals surface area contributed by atoms with Gasteiger partial charge in [-0.1, -0.05) is 40.2 Å². The first-order chi connectivity index (χ1) is 21.1. The van der Waals surface area contributed by atoms with Crippen molar-refractivity contribution in [2.45, 2.75) is 43.7 Å². The first-order valence-electron chi connectivity index (χ1n) is 12.9. The van der Waals surface area contributed by atoms with Crippen molar-refractivity contribution in [2.75, 3.05) is 13.7 Å². The number of benzene rings is 2. The molecular formula is C26H27N6O11P. The number of aromatic nitrogens is 2. The number of rotatable bonds is 12. The van der Waals surface area contributed by atoms with Gasteiger partial charge in [-0.25, -0.2) is 9.59 Å². The first kappa shape index (κ1) is 32.2. The molecule has 1 aliphatic heterocycles. The molecule has 0 amide bonds. The van der Waals surface area contributed by atoms with Crippen molar-refractivity contribution < 1.29 is 43.4 Å². The SMILES string of the molecule is COc1ccc(O[P+]([O-])=N[C@@H](C)C(=O)OCc2ccccc2)c(OC[C@@]2(N=[N+]=[N-])O[C@@H](n3ccc(=O)[nH]c3=O)[C@H](O)[C@@H]2O)c1. The van der Waals surface area contributed by atoms with Crippen molar-refractivity contribution in [3.05, 3.63) is 97.6 Å². The second-order valence-electron chi connectivity index (χ2n) is 9.31. The van der Waals surface area contributed by atoms with Crippen molar-refractivity contribution in [3.63, 3.8) is 0 Å². The zero-order chi connectivity index (χ0) is 31.9. The van der Waals surface area contributed by atoms with Gasteiger partial charge in [-0.3, -0.25) is 18.9 Å². The Bertz CT molecular complexity index is 1680. The fraction of sp³-hybridized carbons (Fsp3) is 0.346. The molecule has 1 fully saturated rings. The second-order valence-corrected chi connectivity index (χ2v) is 10.2. The smallest absolute Gasteiger partial charge is 0.395 e. The number of esters is 1. The van der Waals surface area contributed by atoms with Crippen LogP contribution in [-0.2, 0) is 20.9 Å². The predicted octanol–water partition coefficient (Wildman–Crippen LogP) is 1.25. The lowest BCUT2D eigenvalue weighted by atomic mass is 10.1. The zero-order valence-electron chi connectivity index (χ0n) is 23.2. The summed E-state index contributed by atoms with van der Waals surface area (Å²) in [4.78, 5) is 53.5. The topological polar surface area (TPSA) is 243 Å². The Kier molecular flexibility index (Phi) is 10.3. The number of methoxy groups -OCH3 is 1. The van der Waals surface area contributed by atoms with Crippen molar-refractivity contribution in [1.29, 1.82) is 0 Å². The number of carbonyl (C=O) groups excluding carboxylic acids is 1. The lowest BCUT2D eigenvalue weighted by molar-refractivity contribution is -0.170. The summed E-state index contributed by atoms with van der Waals surface area (Å²) < 4.78 is 31.8. The highest BCUT2D eigenvalue weighted by Gasteiger charge is 2.56. The Morgan fingerprint density at radius 1 is 1.23 bits per heavy atom. The third-order valence-corrected chi connectivity index (χ3v) is 7.22. The van der Waals surface area contributed by atoms with Crippen LogP contribution in [0.2, 0.25) is 0 Å². The van der Waals surface area contributed by atoms with Crippen LogP contribution in [0.25, 0.3) is 10.4 Å². The van der Waals surface area contributed by atoms with Crippen LogP contribution in [0.3, 0.4) is 0 Å². The standard InChI is InChI=1S/C26H27N6O11P/c1-15(24(36)40-13-16-6-4-3-5-7-16)29-44(38)43-18-9-8-17(39-2)12-19(18)41-14-26(30-31-27)22(35)21(34)23(42-26)32-11-10-20(33)28-25(32)37/h3-12,15,21-23,34-35H,13-14H2,1-2H3,(H,28,33,37)/t15-,21+,22-,23+,26+/m0/s1. The third-order valence-electron chi connectivity index (χ3n) is 6.34. The molecule has 3 N–H and O–H groups in total. The quantitative estimate of drug-likeness (QED) is 0.0845. The number of azide groups is 1. The Morgan fingerprint density at radius 2 is 1.98 bits per heavy atom. The van der Waals surface area contributed by atoms with Gasteiger partial charge in [-0.2, -0.15) is 0 Å². The molecule has 1 aromatic heterocycles. The van der Waals surface area contributed by atoms with Crippen molar-refractivity contribution >= 4 is 14.1 Å². The van der Waals surface area contributed by atoms with E-state index < -0.39 is 62.2 Å². The molecule has 232 valence electrons. The lowest BCUT2D eigenvalue weighted by Gasteiger charge is -2.26. The molecule has 4 rings (SSSR count). The molecule has 0 radical (unpaired) electrons. The van der Waals surface area contributed by atoms with Gasteiger partial charge in [0.15, 0.2) is 18.0 Å². The highest BCUT2D eigenvalue weighted by atomic mass is 31.1. The minimum Gasteiger partial charge on any atom is -0.575 e. The molecule has 0 saturated carbocycles. The van der Waals surface area contributed by atoms with Crippen molar-refractivity contribution in [3.8, 4) is 17.2 Å². The van der Waals surface area contributed by atoms with Gasteiger partial charge in [0.05, 0.1) is 7.11 Å². The van der Waals surface area contributed by atoms with E-state index in [-0.39, 0.29) is 23.9 Å². The van der Waals surface area contributed by atoms with E-state index in [0.29, 0.717) is 0 Å². The van der Waals surface area contributed by atoms with Crippen LogP contribution in [0.15, 0.2) is 80.2 Å². The largest absolute Gasteiger partial charge is 0.575 e. The van der Waals surface area contributed by atoms with Crippen LogP contribution < -0.4 is 30.1 Å². The molecule has 44 heavy (non-hydrogen) atoms. The highest BCUT2D eigenvalue weighted by Crippen LogP contribution is 2.41. The van der Waals surface area contributed by atoms with Gasteiger partial charge >= 0.3 is 19.8 Å². The monoisotopic (exact) mass is 630 g/mol. The number of aliphatic hydroxyl groups is 2. The van der Waals surface area contributed by atoms with Crippen LogP contribution in [0.4, 0.5) is 0 Å². The predicted molar refractivity (Wildman–Crippen MR) is 150 cm³/mol. The second kappa shape index (κ2) is 14.1. The van der Waals surface area contributed by atoms with E-state index in [1.54, 1.807) is 24.3 Å². The van der Waals surface area contributed by atoms with Gasteiger partial charge in [-0.05, 0) is 30.2 Å². The molecule has 1 aliphatic rings. The van der Waals surface area contributed by atoms with Gasteiger partial charge in [-0.15, -0.1) is 0 Å². The number of H-pyrrole nitrogens is 1. The number of nitrogens with one attached hydrogen (secondary N) is 1. The molecule has 0 aliphatic carbocycles. The number of ether oxygens (including phenoxy) is 4. The van der Waals surface area contributed by atoms with E-state index in [0.717, 1.165) is 22.4 Å². The number of hydrogen-bond donors (Lipinski definition) is 3. The molecule has 2 aromatic carbocycles. The number of nitrogens with zero attached hydrogens (tertiary/aromatic N) is 5. The minimum atomic E-state index is -2.84. The summed E-state index contributed by atoms with van der Waals surface area (Å²) in [6.07, 6.45) is -4.26. The van der Waals surface area contributed by atoms with E-state index in [2.05, 4.69) is 14.8 Å². The van der Waals surface area contributed by atoms with Gasteiger partial charge in [0.25, 0.3) is 5.56 Å². The first-order valence-corrected chi connectivity index (χ1v) is 14.0. The maximum atomic E-state index is 12.7. The average Bonchev–Trinajstić information content (AvgIpc) is 3.25. The van der Waals surface area contributed by atoms with Crippen LogP contribution in [0.5, 0.6) is 17.2 Å². The Hall–Kier alpha value is -4.76. The van der Waals surface area contributed by atoms with Gasteiger partial charge < -0.3 is 34.1 Å². The maximum Gasteiger partial charge on any atom is 0.395 e. The molecule has 2 heterocycles. The van der Waals surface area contributed by atoms with E-state index in [9.17, 15) is 35.0 Å². The lowest BCUT2D eigenvalue weighted by Crippen LogP contribution is -2.46. The normalized spacial score (nSPS) is 22.0. The summed E-state index contributed by atoms with van der Waals surface area (Å²) in [5.41, 5.74) is 6.02. The fourth-order valence-corrected chi connectivity index (χ4v) is 4.80. The zero-order valence-corrected chi connectivity index (χ0v) is 24.1. The van der Waals surface area contributed by atoms with Crippen molar-refractivity contribution in [2.24, 2.45) is 9.86 Å². The minimum absolute atomic E-state index is 0.000884. The summed E-state index contributed by atoms with van der Waals surface area (Å²) in [5.74, 6) is -0.742. The molecule has 1 unspecified atom stereocenters. The number of aromatic amines is 1. The fourth-order valence-electron chi connectivity index (χ4n) is 4.06. The van der Waals surface area contributed by atoms with E-state index in [1.807, 2.05) is 11.1 Å². The number of carbonyl (C=O) groups is 1. The Labute approximate surface area is 249 Å². The summed E-state index contributed by atoms with van der Waals surface area (Å²) in [6.45, 7) is 0.637. The van der Waals surface area contributed by atoms with E-state index in [4.69, 9.17) is 23.5 Å². The summed E-state index contributed by atoms with van der Waals surface area (Å²) in [5, 5.41) is 25.0. The van der Waals surface area contributed by atoms with Gasteiger partial charge in [0.1, 0.15) is 31.2 Å². The summed E-state index contributed by atoms with van der Waals surface area (Å²) >= 11 is 0. The molecular weight excluding hydrogens is 603 g/mol. The molecule has 18 heteroatoms. The Balaban J connectivity index is 1.51. The van der Waals surface area contributed by atoms with Gasteiger partial charge in [0.2, 0.25) is 11.5 Å². The number of aliphatic hydroxyl groups excluding tert-OH is 2. The number of hydrogen-bond acceptors (Lipinski definition) is 13. The van der Waals surface area contributed by atoms with Crippen molar-refractivity contribution in [1.82, 2.24) is 9.55 Å². The average molecular weight is 631 g/mol. The molecule has 6 atom stereocenters. The molecule has 0 spiro atoms. The van der Waals surface area contributed by atoms with Crippen LogP contribution in [0.1, 0.15) is 18.7 Å². The molecule has 17 nitrogen and oxygen atoms in total. The molecule has 3 aromatic rings. The van der Waals surface area contributed by atoms with E-state index in [1.165, 1.54) is 32.2 Å². The summed E-state index contributed by atoms with van der Waals surface area (Å²) in [6, 6.07) is 12.9. The van der Waals surface area contributed by atoms with Gasteiger partial charge in [0, 0.05) is 23.2 Å². The van der Waals surface area contributed by atoms with Crippen LogP contribution in [0, 0.1) is 0 Å². The molecule has 0 bridgehead atoms. The molecule has 1 saturated heterocycles. The summed E-state index contributed by atoms with van der Waals surface area (Å²) in [7, 11) is -1.47. The van der Waals surface area contributed by atoms with Crippen LogP contribution >= 0.6 is 8.17 Å². The van der Waals surface area contributed by atoms with E-state index >= 15 is 0 Å². The third kappa shape index (κ3) is 7.41. The maximum absolute atomic E-state index is 12.7. The van der Waals surface area contributed by atoms with Crippen LogP contribution in [-0.4, -0.2) is 63.4 Å².